The van der Waals surface area contributed by atoms with Crippen LogP contribution in [0, 0.1) is 12.7 Å². The van der Waals surface area contributed by atoms with E-state index in [1.54, 1.807) is 19.1 Å². The van der Waals surface area contributed by atoms with E-state index in [0.717, 1.165) is 16.9 Å². The fraction of sp³-hybridized carbons (Fsp3) is 0.235. The lowest BCUT2D eigenvalue weighted by atomic mass is 10.1. The van der Waals surface area contributed by atoms with Gasteiger partial charge in [0.2, 0.25) is 6.79 Å². The summed E-state index contributed by atoms with van der Waals surface area (Å²) in [6.45, 7) is 2.46. The van der Waals surface area contributed by atoms with E-state index in [-0.39, 0.29) is 12.5 Å². The molecule has 2 N–H and O–H groups in total. The molecule has 0 spiro atoms. The Morgan fingerprint density at radius 2 is 2.00 bits per heavy atom. The normalized spacial score (nSPS) is 12.1. The fourth-order valence-electron chi connectivity index (χ4n) is 2.30. The predicted octanol–water partition coefficient (Wildman–Crippen LogP) is 3.23. The average Bonchev–Trinajstić information content (AvgIpc) is 2.98. The maximum absolute atomic E-state index is 13.7. The highest BCUT2D eigenvalue weighted by Gasteiger charge is 2.13. The number of fused-ring (bicyclic) bond motifs is 1. The third-order valence-electron chi connectivity index (χ3n) is 3.51. The number of aryl methyl sites for hydroxylation is 1. The van der Waals surface area contributed by atoms with Crippen molar-refractivity contribution in [3.05, 3.63) is 53.3 Å². The molecular weight excluding hydrogens is 299 g/mol. The molecular formula is C17H17FN2O3. The van der Waals surface area contributed by atoms with Crippen molar-refractivity contribution in [2.45, 2.75) is 13.3 Å². The van der Waals surface area contributed by atoms with Gasteiger partial charge < -0.3 is 20.1 Å². The minimum absolute atomic E-state index is 0.163. The number of urea groups is 1. The second kappa shape index (κ2) is 6.56. The highest BCUT2D eigenvalue weighted by Crippen LogP contribution is 2.32. The van der Waals surface area contributed by atoms with Crippen LogP contribution >= 0.6 is 0 Å². The van der Waals surface area contributed by atoms with Crippen LogP contribution in [-0.2, 0) is 6.42 Å². The van der Waals surface area contributed by atoms with E-state index in [4.69, 9.17) is 9.47 Å². The maximum atomic E-state index is 13.7. The Bertz CT molecular complexity index is 734. The number of rotatable bonds is 4. The molecule has 3 rings (SSSR count). The van der Waals surface area contributed by atoms with Crippen molar-refractivity contribution in [1.29, 1.82) is 0 Å². The molecule has 0 unspecified atom stereocenters. The van der Waals surface area contributed by atoms with E-state index in [1.165, 1.54) is 6.07 Å². The van der Waals surface area contributed by atoms with Gasteiger partial charge in [-0.2, -0.15) is 0 Å². The number of hydrogen-bond donors (Lipinski definition) is 2. The molecule has 1 aliphatic rings. The molecule has 0 radical (unpaired) electrons. The molecule has 5 nitrogen and oxygen atoms in total. The van der Waals surface area contributed by atoms with Crippen molar-refractivity contribution in [2.75, 3.05) is 18.7 Å². The summed E-state index contributed by atoms with van der Waals surface area (Å²) in [6.07, 6.45) is 0.639. The number of carbonyl (C=O) groups is 1. The van der Waals surface area contributed by atoms with E-state index in [9.17, 15) is 9.18 Å². The van der Waals surface area contributed by atoms with Gasteiger partial charge in [0.1, 0.15) is 5.82 Å². The Balaban J connectivity index is 1.49. The van der Waals surface area contributed by atoms with Crippen molar-refractivity contribution in [3.63, 3.8) is 0 Å². The smallest absolute Gasteiger partial charge is 0.319 e. The van der Waals surface area contributed by atoms with Gasteiger partial charge in [-0.1, -0.05) is 12.1 Å². The van der Waals surface area contributed by atoms with Crippen molar-refractivity contribution in [3.8, 4) is 11.5 Å². The first-order chi connectivity index (χ1) is 11.1. The number of ether oxygens (including phenoxy) is 2. The third-order valence-corrected chi connectivity index (χ3v) is 3.51. The predicted molar refractivity (Wildman–Crippen MR) is 84.4 cm³/mol. The molecule has 6 heteroatoms. The molecule has 23 heavy (non-hydrogen) atoms. The zero-order valence-electron chi connectivity index (χ0n) is 12.7. The molecule has 1 heterocycles. The summed E-state index contributed by atoms with van der Waals surface area (Å²) >= 11 is 0. The van der Waals surface area contributed by atoms with Gasteiger partial charge in [-0.05, 0) is 48.7 Å². The summed E-state index contributed by atoms with van der Waals surface area (Å²) in [5.74, 6) is 0.999. The number of carbonyl (C=O) groups excluding carboxylic acids is 1. The van der Waals surface area contributed by atoms with Gasteiger partial charge in [-0.25, -0.2) is 9.18 Å². The molecule has 2 amide bonds. The quantitative estimate of drug-likeness (QED) is 0.910. The SMILES string of the molecule is Cc1ccc(NC(=O)NCCc2ccc3c(c2)OCO3)c(F)c1. The van der Waals surface area contributed by atoms with Crippen LogP contribution in [0.15, 0.2) is 36.4 Å². The van der Waals surface area contributed by atoms with Gasteiger partial charge in [0.25, 0.3) is 0 Å². The molecule has 0 fully saturated rings. The topological polar surface area (TPSA) is 59.6 Å². The largest absolute Gasteiger partial charge is 0.454 e. The van der Waals surface area contributed by atoms with E-state index >= 15 is 0 Å². The van der Waals surface area contributed by atoms with Gasteiger partial charge >= 0.3 is 6.03 Å². The van der Waals surface area contributed by atoms with Gasteiger partial charge in [-0.3, -0.25) is 0 Å². The first-order valence-corrected chi connectivity index (χ1v) is 7.31. The van der Waals surface area contributed by atoms with Gasteiger partial charge in [0.15, 0.2) is 11.5 Å². The second-order valence-electron chi connectivity index (χ2n) is 5.30. The zero-order valence-corrected chi connectivity index (χ0v) is 12.7. The minimum atomic E-state index is -0.448. The summed E-state index contributed by atoms with van der Waals surface area (Å²) in [7, 11) is 0. The molecule has 0 aromatic heterocycles. The van der Waals surface area contributed by atoms with Crippen LogP contribution in [0.25, 0.3) is 0 Å². The van der Waals surface area contributed by atoms with Crippen LogP contribution in [0.1, 0.15) is 11.1 Å². The summed E-state index contributed by atoms with van der Waals surface area (Å²) in [5, 5.41) is 5.20. The molecule has 0 bridgehead atoms. The number of halogens is 1. The Kier molecular flexibility index (Phi) is 4.32. The Labute approximate surface area is 133 Å². The Morgan fingerprint density at radius 1 is 1.17 bits per heavy atom. The molecule has 0 saturated carbocycles. The van der Waals surface area contributed by atoms with Crippen molar-refractivity contribution >= 4 is 11.7 Å². The lowest BCUT2D eigenvalue weighted by Gasteiger charge is -2.09. The van der Waals surface area contributed by atoms with Crippen molar-refractivity contribution in [2.24, 2.45) is 0 Å². The lowest BCUT2D eigenvalue weighted by Crippen LogP contribution is -2.30. The summed E-state index contributed by atoms with van der Waals surface area (Å²) < 4.78 is 24.2. The van der Waals surface area contributed by atoms with Crippen LogP contribution in [0.3, 0.4) is 0 Å². The standard InChI is InChI=1S/C17H17FN2O3/c1-11-2-4-14(13(18)8-11)20-17(21)19-7-6-12-3-5-15-16(9-12)23-10-22-15/h2-5,8-9H,6-7,10H2,1H3,(H2,19,20,21). The molecule has 2 aromatic carbocycles. The Hall–Kier alpha value is -2.76. The van der Waals surface area contributed by atoms with Crippen LogP contribution < -0.4 is 20.1 Å². The number of amides is 2. The van der Waals surface area contributed by atoms with E-state index in [0.29, 0.717) is 18.7 Å². The molecule has 0 saturated heterocycles. The summed E-state index contributed by atoms with van der Waals surface area (Å²) in [4.78, 5) is 11.8. The number of hydrogen-bond acceptors (Lipinski definition) is 3. The zero-order chi connectivity index (χ0) is 16.2. The fourth-order valence-corrected chi connectivity index (χ4v) is 2.30. The average molecular weight is 316 g/mol. The highest BCUT2D eigenvalue weighted by molar-refractivity contribution is 5.89. The van der Waals surface area contributed by atoms with Gasteiger partial charge in [0, 0.05) is 6.54 Å². The number of nitrogens with one attached hydrogen (secondary N) is 2. The van der Waals surface area contributed by atoms with E-state index in [1.807, 2.05) is 18.2 Å². The molecule has 0 aliphatic carbocycles. The number of anilines is 1. The monoisotopic (exact) mass is 316 g/mol. The van der Waals surface area contributed by atoms with Crippen LogP contribution in [0.4, 0.5) is 14.9 Å². The lowest BCUT2D eigenvalue weighted by molar-refractivity contribution is 0.174. The molecule has 1 aliphatic heterocycles. The van der Waals surface area contributed by atoms with Crippen LogP contribution in [-0.4, -0.2) is 19.4 Å². The molecule has 120 valence electrons. The van der Waals surface area contributed by atoms with Crippen LogP contribution in [0.2, 0.25) is 0 Å². The number of benzene rings is 2. The molecule has 2 aromatic rings. The first kappa shape index (κ1) is 15.1. The van der Waals surface area contributed by atoms with E-state index in [2.05, 4.69) is 10.6 Å². The maximum Gasteiger partial charge on any atom is 0.319 e. The summed E-state index contributed by atoms with van der Waals surface area (Å²) in [5.41, 5.74) is 1.99. The van der Waals surface area contributed by atoms with Gasteiger partial charge in [0.05, 0.1) is 5.69 Å². The summed E-state index contributed by atoms with van der Waals surface area (Å²) in [6, 6.07) is 9.89. The van der Waals surface area contributed by atoms with E-state index < -0.39 is 11.8 Å². The third kappa shape index (κ3) is 3.71. The van der Waals surface area contributed by atoms with Crippen molar-refractivity contribution in [1.82, 2.24) is 5.32 Å². The minimum Gasteiger partial charge on any atom is -0.454 e. The highest BCUT2D eigenvalue weighted by atomic mass is 19.1. The van der Waals surface area contributed by atoms with Crippen LogP contribution in [0.5, 0.6) is 11.5 Å². The van der Waals surface area contributed by atoms with Gasteiger partial charge in [-0.15, -0.1) is 0 Å². The second-order valence-corrected chi connectivity index (χ2v) is 5.30. The first-order valence-electron chi connectivity index (χ1n) is 7.31. The van der Waals surface area contributed by atoms with Crippen molar-refractivity contribution < 1.29 is 18.7 Å². The Morgan fingerprint density at radius 3 is 2.83 bits per heavy atom. The molecule has 0 atom stereocenters.